The van der Waals surface area contributed by atoms with Gasteiger partial charge in [-0.2, -0.15) is 0 Å². The van der Waals surface area contributed by atoms with Crippen LogP contribution in [-0.4, -0.2) is 45.5 Å². The summed E-state index contributed by atoms with van der Waals surface area (Å²) < 4.78 is 7.56. The molecule has 1 saturated heterocycles. The van der Waals surface area contributed by atoms with Gasteiger partial charge in [0.15, 0.2) is 5.69 Å². The maximum atomic E-state index is 13.1. The van der Waals surface area contributed by atoms with Crippen molar-refractivity contribution < 1.29 is 9.53 Å². The smallest absolute Gasteiger partial charge is 0.276 e. The summed E-state index contributed by atoms with van der Waals surface area (Å²) in [6, 6.07) is 15.5. The Morgan fingerprint density at radius 1 is 1.11 bits per heavy atom. The maximum Gasteiger partial charge on any atom is 0.276 e. The highest BCUT2D eigenvalue weighted by atomic mass is 35.5. The monoisotopic (exact) mass is 396 g/mol. The lowest BCUT2D eigenvalue weighted by molar-refractivity contribution is -0.0230. The summed E-state index contributed by atoms with van der Waals surface area (Å²) in [4.78, 5) is 14.9. The Balaban J connectivity index is 1.54. The van der Waals surface area contributed by atoms with Crippen molar-refractivity contribution in [2.75, 3.05) is 19.7 Å². The quantitative estimate of drug-likeness (QED) is 0.676. The molecule has 28 heavy (non-hydrogen) atoms. The molecule has 3 aromatic rings. The Kier molecular flexibility index (Phi) is 5.15. The number of rotatable bonds is 3. The van der Waals surface area contributed by atoms with E-state index in [-0.39, 0.29) is 12.0 Å². The number of hydrogen-bond acceptors (Lipinski definition) is 4. The number of nitrogens with zero attached hydrogens (tertiary/aromatic N) is 4. The van der Waals surface area contributed by atoms with E-state index in [1.807, 2.05) is 62.4 Å². The van der Waals surface area contributed by atoms with Crippen LogP contribution in [0, 0.1) is 13.8 Å². The molecule has 0 aliphatic carbocycles. The van der Waals surface area contributed by atoms with E-state index in [4.69, 9.17) is 16.3 Å². The molecule has 0 radical (unpaired) electrons. The first-order valence-electron chi connectivity index (χ1n) is 9.18. The second-order valence-electron chi connectivity index (χ2n) is 6.93. The topological polar surface area (TPSA) is 60.2 Å². The highest BCUT2D eigenvalue weighted by Gasteiger charge is 2.29. The Morgan fingerprint density at radius 3 is 2.54 bits per heavy atom. The molecule has 144 valence electrons. The summed E-state index contributed by atoms with van der Waals surface area (Å²) in [6.45, 7) is 5.37. The van der Waals surface area contributed by atoms with E-state index >= 15 is 0 Å². The van der Waals surface area contributed by atoms with Crippen LogP contribution in [0.5, 0.6) is 0 Å². The van der Waals surface area contributed by atoms with E-state index in [0.717, 1.165) is 16.9 Å². The minimum atomic E-state index is -0.178. The highest BCUT2D eigenvalue weighted by Crippen LogP contribution is 2.25. The van der Waals surface area contributed by atoms with Gasteiger partial charge in [0.05, 0.1) is 24.5 Å². The SMILES string of the molecule is Cc1ccc(-n2nnc(C(=O)N3CCOC(c4ccc(Cl)cc4)C3)c2C)cc1. The lowest BCUT2D eigenvalue weighted by Gasteiger charge is -2.32. The van der Waals surface area contributed by atoms with Crippen molar-refractivity contribution >= 4 is 17.5 Å². The summed E-state index contributed by atoms with van der Waals surface area (Å²) in [6.07, 6.45) is -0.178. The number of amides is 1. The van der Waals surface area contributed by atoms with E-state index in [9.17, 15) is 4.79 Å². The molecule has 1 atom stereocenters. The number of ether oxygens (including phenoxy) is 1. The number of carbonyl (C=O) groups excluding carboxylic acids is 1. The van der Waals surface area contributed by atoms with Crippen molar-refractivity contribution in [3.63, 3.8) is 0 Å². The van der Waals surface area contributed by atoms with E-state index in [0.29, 0.717) is 30.4 Å². The zero-order chi connectivity index (χ0) is 19.7. The summed E-state index contributed by atoms with van der Waals surface area (Å²) in [5.41, 5.74) is 4.15. The third-order valence-corrected chi connectivity index (χ3v) is 5.22. The van der Waals surface area contributed by atoms with Crippen molar-refractivity contribution in [3.05, 3.63) is 76.1 Å². The Bertz CT molecular complexity index is 983. The normalized spacial score (nSPS) is 17.0. The van der Waals surface area contributed by atoms with Gasteiger partial charge < -0.3 is 9.64 Å². The molecule has 1 fully saturated rings. The predicted molar refractivity (Wildman–Crippen MR) is 107 cm³/mol. The highest BCUT2D eigenvalue weighted by molar-refractivity contribution is 6.30. The molecule has 1 aromatic heterocycles. The number of benzene rings is 2. The van der Waals surface area contributed by atoms with Gasteiger partial charge in [0.1, 0.15) is 6.10 Å². The molecule has 1 unspecified atom stereocenters. The minimum Gasteiger partial charge on any atom is -0.370 e. The van der Waals surface area contributed by atoms with Crippen LogP contribution in [0.2, 0.25) is 5.02 Å². The zero-order valence-corrected chi connectivity index (χ0v) is 16.6. The molecule has 2 heterocycles. The number of hydrogen-bond donors (Lipinski definition) is 0. The van der Waals surface area contributed by atoms with Crippen molar-refractivity contribution in [2.24, 2.45) is 0 Å². The van der Waals surface area contributed by atoms with Gasteiger partial charge >= 0.3 is 0 Å². The van der Waals surface area contributed by atoms with E-state index in [2.05, 4.69) is 10.3 Å². The number of carbonyl (C=O) groups is 1. The van der Waals surface area contributed by atoms with Crippen molar-refractivity contribution in [2.45, 2.75) is 20.0 Å². The number of halogens is 1. The summed E-state index contributed by atoms with van der Waals surface area (Å²) in [7, 11) is 0. The first-order chi connectivity index (χ1) is 13.5. The third-order valence-electron chi connectivity index (χ3n) is 4.97. The van der Waals surface area contributed by atoms with Crippen molar-refractivity contribution in [3.8, 4) is 5.69 Å². The average Bonchev–Trinajstić information content (AvgIpc) is 3.10. The van der Waals surface area contributed by atoms with Gasteiger partial charge in [-0.25, -0.2) is 4.68 Å². The maximum absolute atomic E-state index is 13.1. The van der Waals surface area contributed by atoms with Crippen LogP contribution in [0.15, 0.2) is 48.5 Å². The molecule has 2 aromatic carbocycles. The van der Waals surface area contributed by atoms with E-state index < -0.39 is 0 Å². The lowest BCUT2D eigenvalue weighted by atomic mass is 10.1. The molecule has 4 rings (SSSR count). The van der Waals surface area contributed by atoms with Gasteiger partial charge in [0.25, 0.3) is 5.91 Å². The average molecular weight is 397 g/mol. The summed E-state index contributed by atoms with van der Waals surface area (Å²) in [5.74, 6) is -0.127. The first-order valence-corrected chi connectivity index (χ1v) is 9.56. The molecule has 1 amide bonds. The summed E-state index contributed by atoms with van der Waals surface area (Å²) >= 11 is 5.97. The van der Waals surface area contributed by atoms with Crippen LogP contribution in [0.25, 0.3) is 5.69 Å². The lowest BCUT2D eigenvalue weighted by Crippen LogP contribution is -2.42. The van der Waals surface area contributed by atoms with Gasteiger partial charge in [-0.3, -0.25) is 4.79 Å². The third kappa shape index (κ3) is 3.66. The number of aromatic nitrogens is 3. The van der Waals surface area contributed by atoms with Crippen LogP contribution in [0.1, 0.15) is 33.4 Å². The van der Waals surface area contributed by atoms with Crippen molar-refractivity contribution in [1.82, 2.24) is 19.9 Å². The van der Waals surface area contributed by atoms with Gasteiger partial charge in [-0.05, 0) is 43.7 Å². The van der Waals surface area contributed by atoms with Gasteiger partial charge in [0, 0.05) is 11.6 Å². The molecule has 0 saturated carbocycles. The van der Waals surface area contributed by atoms with Crippen molar-refractivity contribution in [1.29, 1.82) is 0 Å². The number of morpholine rings is 1. The van der Waals surface area contributed by atoms with Crippen LogP contribution in [-0.2, 0) is 4.74 Å². The van der Waals surface area contributed by atoms with Gasteiger partial charge in [0.2, 0.25) is 0 Å². The second-order valence-corrected chi connectivity index (χ2v) is 7.37. The Hall–Kier alpha value is -2.70. The predicted octanol–water partition coefficient (Wildman–Crippen LogP) is 3.75. The Morgan fingerprint density at radius 2 is 1.82 bits per heavy atom. The molecule has 7 heteroatoms. The van der Waals surface area contributed by atoms with Crippen LogP contribution < -0.4 is 0 Å². The van der Waals surface area contributed by atoms with Gasteiger partial charge in [-0.15, -0.1) is 5.10 Å². The largest absolute Gasteiger partial charge is 0.370 e. The Labute approximate surface area is 168 Å². The molecule has 0 N–H and O–H groups in total. The standard InChI is InChI=1S/C21H21ClN4O2/c1-14-3-9-18(10-4-14)26-15(2)20(23-24-26)21(27)25-11-12-28-19(13-25)16-5-7-17(22)8-6-16/h3-10,19H,11-13H2,1-2H3. The molecule has 1 aliphatic heterocycles. The molecule has 1 aliphatic rings. The molecular formula is C21H21ClN4O2. The fourth-order valence-electron chi connectivity index (χ4n) is 3.32. The first kappa shape index (κ1) is 18.7. The van der Waals surface area contributed by atoms with Crippen LogP contribution in [0.4, 0.5) is 0 Å². The second kappa shape index (κ2) is 7.73. The minimum absolute atomic E-state index is 0.127. The molecule has 0 bridgehead atoms. The van der Waals surface area contributed by atoms with Gasteiger partial charge in [-0.1, -0.05) is 46.6 Å². The van der Waals surface area contributed by atoms with Crippen LogP contribution >= 0.6 is 11.6 Å². The molecule has 6 nitrogen and oxygen atoms in total. The zero-order valence-electron chi connectivity index (χ0n) is 15.8. The summed E-state index contributed by atoms with van der Waals surface area (Å²) in [5, 5.41) is 9.03. The molecular weight excluding hydrogens is 376 g/mol. The fourth-order valence-corrected chi connectivity index (χ4v) is 3.45. The molecule has 0 spiro atoms. The van der Waals surface area contributed by atoms with Crippen LogP contribution in [0.3, 0.4) is 0 Å². The van der Waals surface area contributed by atoms with E-state index in [1.165, 1.54) is 5.56 Å². The fraction of sp³-hybridized carbons (Fsp3) is 0.286. The number of aryl methyl sites for hydroxylation is 1. The van der Waals surface area contributed by atoms with E-state index in [1.54, 1.807) is 9.58 Å².